The highest BCUT2D eigenvalue weighted by Gasteiger charge is 2.16. The Morgan fingerprint density at radius 1 is 1.35 bits per heavy atom. The summed E-state index contributed by atoms with van der Waals surface area (Å²) < 4.78 is 0. The van der Waals surface area contributed by atoms with Crippen LogP contribution in [0.3, 0.4) is 0 Å². The van der Waals surface area contributed by atoms with Gasteiger partial charge in [-0.1, -0.05) is 30.3 Å². The Balaban J connectivity index is 2.33. The molecule has 0 spiro atoms. The molecule has 0 radical (unpaired) electrons. The molecule has 1 fully saturated rings. The molecule has 0 saturated heterocycles. The van der Waals surface area contributed by atoms with Crippen LogP contribution in [0.1, 0.15) is 38.7 Å². The van der Waals surface area contributed by atoms with E-state index in [1.807, 2.05) is 24.3 Å². The maximum absolute atomic E-state index is 8.86. The predicted octanol–water partition coefficient (Wildman–Crippen LogP) is 3.78. The van der Waals surface area contributed by atoms with E-state index in [1.54, 1.807) is 6.92 Å². The fourth-order valence-electron chi connectivity index (χ4n) is 2.22. The molecule has 0 aliphatic heterocycles. The van der Waals surface area contributed by atoms with Gasteiger partial charge in [-0.15, -0.1) is 0 Å². The van der Waals surface area contributed by atoms with Gasteiger partial charge in [-0.25, -0.2) is 0 Å². The van der Waals surface area contributed by atoms with E-state index in [1.165, 1.54) is 12.1 Å². The fourth-order valence-corrected chi connectivity index (χ4v) is 2.22. The fraction of sp³-hybridized carbons (Fsp3) is 0.429. The molecule has 90 valence electrons. The first kappa shape index (κ1) is 11.8. The van der Waals surface area contributed by atoms with Crippen molar-refractivity contribution in [3.63, 3.8) is 0 Å². The number of oxime groups is 1. The van der Waals surface area contributed by atoms with Crippen molar-refractivity contribution in [2.75, 3.05) is 0 Å². The molecule has 1 unspecified atom stereocenters. The standard InChI is InChI=1S/C14H18N2O/c1-10-7-8-12(9-10)15-14-6-4-3-5-13(14)11(2)16-17/h3-6,10,17H,7-9H2,1-2H3. The van der Waals surface area contributed by atoms with Gasteiger partial charge in [-0.3, -0.25) is 4.99 Å². The van der Waals surface area contributed by atoms with E-state index < -0.39 is 0 Å². The number of rotatable bonds is 2. The Hall–Kier alpha value is -1.64. The van der Waals surface area contributed by atoms with Crippen LogP contribution in [0.4, 0.5) is 5.69 Å². The first-order chi connectivity index (χ1) is 8.20. The third-order valence-corrected chi connectivity index (χ3v) is 3.23. The Morgan fingerprint density at radius 2 is 2.12 bits per heavy atom. The molecule has 1 aliphatic carbocycles. The van der Waals surface area contributed by atoms with Crippen molar-refractivity contribution in [2.24, 2.45) is 16.1 Å². The van der Waals surface area contributed by atoms with Crippen LogP contribution in [-0.2, 0) is 0 Å². The van der Waals surface area contributed by atoms with Crippen LogP contribution >= 0.6 is 0 Å². The normalized spacial score (nSPS) is 23.3. The van der Waals surface area contributed by atoms with Gasteiger partial charge >= 0.3 is 0 Å². The minimum absolute atomic E-state index is 0.607. The Bertz CT molecular complexity index is 463. The van der Waals surface area contributed by atoms with Crippen LogP contribution in [0.5, 0.6) is 0 Å². The molecule has 1 N–H and O–H groups in total. The maximum Gasteiger partial charge on any atom is 0.0858 e. The van der Waals surface area contributed by atoms with Crippen molar-refractivity contribution < 1.29 is 5.21 Å². The summed E-state index contributed by atoms with van der Waals surface area (Å²) in [6.07, 6.45) is 3.41. The third kappa shape index (κ3) is 2.73. The first-order valence-electron chi connectivity index (χ1n) is 6.05. The van der Waals surface area contributed by atoms with Crippen LogP contribution in [0, 0.1) is 5.92 Å². The topological polar surface area (TPSA) is 45.0 Å². The molecule has 0 amide bonds. The Morgan fingerprint density at radius 3 is 2.76 bits per heavy atom. The number of hydrogen-bond donors (Lipinski definition) is 1. The highest BCUT2D eigenvalue weighted by atomic mass is 16.4. The summed E-state index contributed by atoms with van der Waals surface area (Å²) in [5.74, 6) is 0.744. The number of benzene rings is 1. The lowest BCUT2D eigenvalue weighted by molar-refractivity contribution is 0.319. The van der Waals surface area contributed by atoms with Crippen LogP contribution in [0.2, 0.25) is 0 Å². The molecular formula is C14H18N2O. The SMILES string of the molecule is CC(=NO)c1ccccc1N=C1CCC(C)C1. The van der Waals surface area contributed by atoms with E-state index in [2.05, 4.69) is 12.1 Å². The highest BCUT2D eigenvalue weighted by Crippen LogP contribution is 2.27. The minimum atomic E-state index is 0.607. The van der Waals surface area contributed by atoms with Crippen molar-refractivity contribution in [3.8, 4) is 0 Å². The number of para-hydroxylation sites is 1. The molecule has 1 aliphatic rings. The van der Waals surface area contributed by atoms with Crippen LogP contribution in [0.25, 0.3) is 0 Å². The lowest BCUT2D eigenvalue weighted by Gasteiger charge is -2.04. The average Bonchev–Trinajstić information content (AvgIpc) is 2.74. The van der Waals surface area contributed by atoms with E-state index >= 15 is 0 Å². The summed E-state index contributed by atoms with van der Waals surface area (Å²) >= 11 is 0. The lowest BCUT2D eigenvalue weighted by Crippen LogP contribution is -1.96. The molecule has 1 aromatic carbocycles. The van der Waals surface area contributed by atoms with Gasteiger partial charge < -0.3 is 5.21 Å². The molecule has 3 nitrogen and oxygen atoms in total. The summed E-state index contributed by atoms with van der Waals surface area (Å²) in [4.78, 5) is 4.70. The van der Waals surface area contributed by atoms with Crippen LogP contribution in [0.15, 0.2) is 34.4 Å². The molecule has 1 aromatic rings. The molecule has 0 aromatic heterocycles. The average molecular weight is 230 g/mol. The first-order valence-corrected chi connectivity index (χ1v) is 6.05. The molecular weight excluding hydrogens is 212 g/mol. The van der Waals surface area contributed by atoms with Crippen molar-refractivity contribution in [2.45, 2.75) is 33.1 Å². The van der Waals surface area contributed by atoms with E-state index in [9.17, 15) is 0 Å². The van der Waals surface area contributed by atoms with E-state index in [4.69, 9.17) is 10.2 Å². The number of hydrogen-bond acceptors (Lipinski definition) is 3. The van der Waals surface area contributed by atoms with Crippen molar-refractivity contribution in [1.29, 1.82) is 0 Å². The second kappa shape index (κ2) is 5.13. The summed E-state index contributed by atoms with van der Waals surface area (Å²) in [6.45, 7) is 4.05. The minimum Gasteiger partial charge on any atom is -0.411 e. The number of aliphatic imine (C=N–C) groups is 1. The van der Waals surface area contributed by atoms with Gasteiger partial charge in [-0.05, 0) is 38.2 Å². The largest absolute Gasteiger partial charge is 0.411 e. The molecule has 1 saturated carbocycles. The summed E-state index contributed by atoms with van der Waals surface area (Å²) in [6, 6.07) is 7.81. The van der Waals surface area contributed by atoms with Crippen molar-refractivity contribution in [3.05, 3.63) is 29.8 Å². The van der Waals surface area contributed by atoms with Gasteiger partial charge in [-0.2, -0.15) is 0 Å². The quantitative estimate of drug-likeness (QED) is 0.469. The Kier molecular flexibility index (Phi) is 3.57. The van der Waals surface area contributed by atoms with Crippen molar-refractivity contribution >= 4 is 17.1 Å². The maximum atomic E-state index is 8.86. The molecule has 2 rings (SSSR count). The lowest BCUT2D eigenvalue weighted by atomic mass is 10.1. The molecule has 3 heteroatoms. The zero-order chi connectivity index (χ0) is 12.3. The van der Waals surface area contributed by atoms with Gasteiger partial charge in [0.1, 0.15) is 0 Å². The molecule has 0 heterocycles. The predicted molar refractivity (Wildman–Crippen MR) is 70.5 cm³/mol. The zero-order valence-corrected chi connectivity index (χ0v) is 10.3. The summed E-state index contributed by atoms with van der Waals surface area (Å²) in [5, 5.41) is 12.1. The van der Waals surface area contributed by atoms with Gasteiger partial charge in [0.25, 0.3) is 0 Å². The molecule has 1 atom stereocenters. The van der Waals surface area contributed by atoms with Gasteiger partial charge in [0, 0.05) is 11.3 Å². The van der Waals surface area contributed by atoms with Crippen LogP contribution in [-0.4, -0.2) is 16.6 Å². The number of nitrogens with zero attached hydrogens (tertiary/aromatic N) is 2. The molecule has 17 heavy (non-hydrogen) atoms. The van der Waals surface area contributed by atoms with Gasteiger partial charge in [0.05, 0.1) is 11.4 Å². The Labute approximate surface area is 102 Å². The second-order valence-corrected chi connectivity index (χ2v) is 4.73. The second-order valence-electron chi connectivity index (χ2n) is 4.73. The summed E-state index contributed by atoms with van der Waals surface area (Å²) in [5.41, 5.74) is 3.68. The molecule has 0 bridgehead atoms. The van der Waals surface area contributed by atoms with Crippen molar-refractivity contribution in [1.82, 2.24) is 0 Å². The van der Waals surface area contributed by atoms with E-state index in [0.29, 0.717) is 5.71 Å². The third-order valence-electron chi connectivity index (χ3n) is 3.23. The smallest absolute Gasteiger partial charge is 0.0858 e. The summed E-state index contributed by atoms with van der Waals surface area (Å²) in [7, 11) is 0. The van der Waals surface area contributed by atoms with Gasteiger partial charge in [0.2, 0.25) is 0 Å². The highest BCUT2D eigenvalue weighted by molar-refractivity contribution is 6.03. The monoisotopic (exact) mass is 230 g/mol. The van der Waals surface area contributed by atoms with E-state index in [-0.39, 0.29) is 0 Å². The van der Waals surface area contributed by atoms with Crippen LogP contribution < -0.4 is 0 Å². The van der Waals surface area contributed by atoms with E-state index in [0.717, 1.165) is 30.0 Å². The van der Waals surface area contributed by atoms with Gasteiger partial charge in [0.15, 0.2) is 0 Å². The zero-order valence-electron chi connectivity index (χ0n) is 10.3.